The van der Waals surface area contributed by atoms with Crippen LogP contribution in [0, 0.1) is 5.41 Å². The zero-order valence-electron chi connectivity index (χ0n) is 10.7. The molecule has 0 bridgehead atoms. The van der Waals surface area contributed by atoms with E-state index >= 15 is 0 Å². The Morgan fingerprint density at radius 1 is 1.50 bits per heavy atom. The highest BCUT2D eigenvalue weighted by Gasteiger charge is 2.18. The maximum atomic E-state index is 8.86. The lowest BCUT2D eigenvalue weighted by Gasteiger charge is -2.25. The number of hydrogen-bond acceptors (Lipinski definition) is 6. The zero-order valence-corrected chi connectivity index (χ0v) is 12.3. The van der Waals surface area contributed by atoms with E-state index < -0.39 is 0 Å². The second-order valence-corrected chi connectivity index (χ2v) is 5.73. The van der Waals surface area contributed by atoms with Crippen molar-refractivity contribution in [3.63, 3.8) is 0 Å². The molecule has 0 aromatic carbocycles. The van der Waals surface area contributed by atoms with Crippen LogP contribution in [0.5, 0.6) is 0 Å². The van der Waals surface area contributed by atoms with Gasteiger partial charge < -0.3 is 10.4 Å². The lowest BCUT2D eigenvalue weighted by atomic mass is 9.88. The van der Waals surface area contributed by atoms with E-state index in [0.29, 0.717) is 11.8 Å². The van der Waals surface area contributed by atoms with Crippen LogP contribution in [0.2, 0.25) is 0 Å². The van der Waals surface area contributed by atoms with Gasteiger partial charge in [-0.1, -0.05) is 13.8 Å². The van der Waals surface area contributed by atoms with Gasteiger partial charge in [0.1, 0.15) is 5.82 Å². The van der Waals surface area contributed by atoms with Crippen molar-refractivity contribution in [3.8, 4) is 0 Å². The molecule has 1 rings (SSSR count). The van der Waals surface area contributed by atoms with Gasteiger partial charge in [0, 0.05) is 19.3 Å². The van der Waals surface area contributed by atoms with Gasteiger partial charge in [0.25, 0.3) is 0 Å². The van der Waals surface area contributed by atoms with Crippen molar-refractivity contribution < 1.29 is 5.11 Å². The largest absolute Gasteiger partial charge is 0.396 e. The predicted octanol–water partition coefficient (Wildman–Crippen LogP) is 1.74. The van der Waals surface area contributed by atoms with Crippen LogP contribution in [0.15, 0.2) is 10.7 Å². The van der Waals surface area contributed by atoms with E-state index in [4.69, 9.17) is 10.9 Å². The number of aromatic nitrogens is 2. The predicted molar refractivity (Wildman–Crippen MR) is 76.1 cm³/mol. The summed E-state index contributed by atoms with van der Waals surface area (Å²) in [5.41, 5.74) is 2.50. The molecular weight excluding hydrogens is 298 g/mol. The van der Waals surface area contributed by atoms with Gasteiger partial charge in [0.15, 0.2) is 0 Å². The van der Waals surface area contributed by atoms with Crippen molar-refractivity contribution in [2.75, 3.05) is 23.9 Å². The Morgan fingerprint density at radius 2 is 2.22 bits per heavy atom. The third-order valence-corrected chi connectivity index (χ3v) is 3.20. The highest BCUT2D eigenvalue weighted by atomic mass is 79.9. The number of nitrogens with two attached hydrogens (primary N) is 1. The summed E-state index contributed by atoms with van der Waals surface area (Å²) in [7, 11) is 0. The smallest absolute Gasteiger partial charge is 0.239 e. The molecule has 1 heterocycles. The summed E-state index contributed by atoms with van der Waals surface area (Å²) in [6.45, 7) is 5.27. The molecule has 7 heteroatoms. The molecule has 0 aliphatic carbocycles. The molecule has 0 radical (unpaired) electrons. The van der Waals surface area contributed by atoms with Crippen LogP contribution in [0.1, 0.15) is 26.7 Å². The Bertz CT molecular complexity index is 386. The monoisotopic (exact) mass is 317 g/mol. The molecule has 18 heavy (non-hydrogen) atoms. The third-order valence-electron chi connectivity index (χ3n) is 2.62. The Kier molecular flexibility index (Phi) is 5.77. The van der Waals surface area contributed by atoms with Gasteiger partial charge in [0.2, 0.25) is 5.95 Å². The van der Waals surface area contributed by atoms with E-state index in [-0.39, 0.29) is 12.0 Å². The number of nitrogen functional groups attached to an aromatic ring is 1. The van der Waals surface area contributed by atoms with Crippen molar-refractivity contribution in [2.45, 2.75) is 26.7 Å². The van der Waals surface area contributed by atoms with E-state index in [1.54, 1.807) is 6.20 Å². The number of aliphatic hydroxyl groups is 1. The van der Waals surface area contributed by atoms with E-state index in [9.17, 15) is 0 Å². The molecule has 0 saturated heterocycles. The molecule has 0 fully saturated rings. The van der Waals surface area contributed by atoms with Crippen molar-refractivity contribution in [1.82, 2.24) is 9.97 Å². The quantitative estimate of drug-likeness (QED) is 0.452. The standard InChI is InChI=1S/C11H20BrN5O/c1-11(2,4-3-5-18)7-15-9-8(12)6-14-10(16-9)17-13/h6,18H,3-5,7,13H2,1-2H3,(H2,14,15,16,17). The number of halogens is 1. The van der Waals surface area contributed by atoms with Crippen LogP contribution < -0.4 is 16.6 Å². The zero-order chi connectivity index (χ0) is 13.6. The van der Waals surface area contributed by atoms with Crippen molar-refractivity contribution in [2.24, 2.45) is 11.3 Å². The molecule has 0 spiro atoms. The Labute approximate surface area is 115 Å². The number of hydrogen-bond donors (Lipinski definition) is 4. The minimum Gasteiger partial charge on any atom is -0.396 e. The first-order chi connectivity index (χ1) is 8.48. The van der Waals surface area contributed by atoms with Crippen LogP contribution in [0.25, 0.3) is 0 Å². The summed E-state index contributed by atoms with van der Waals surface area (Å²) in [6, 6.07) is 0. The number of nitrogens with zero attached hydrogens (tertiary/aromatic N) is 2. The molecule has 5 N–H and O–H groups in total. The lowest BCUT2D eigenvalue weighted by molar-refractivity contribution is 0.248. The second-order valence-electron chi connectivity index (χ2n) is 4.88. The van der Waals surface area contributed by atoms with Gasteiger partial charge >= 0.3 is 0 Å². The minimum atomic E-state index is 0.0867. The fourth-order valence-electron chi connectivity index (χ4n) is 1.53. The van der Waals surface area contributed by atoms with Gasteiger partial charge in [-0.05, 0) is 34.2 Å². The molecule has 102 valence electrons. The van der Waals surface area contributed by atoms with Gasteiger partial charge in [-0.3, -0.25) is 5.43 Å². The summed E-state index contributed by atoms with van der Waals surface area (Å²) in [4.78, 5) is 8.20. The van der Waals surface area contributed by atoms with E-state index in [1.807, 2.05) is 0 Å². The minimum absolute atomic E-state index is 0.0867. The van der Waals surface area contributed by atoms with E-state index in [1.165, 1.54) is 0 Å². The van der Waals surface area contributed by atoms with Crippen molar-refractivity contribution >= 4 is 27.7 Å². The Hall–Kier alpha value is -0.920. The fraction of sp³-hybridized carbons (Fsp3) is 0.636. The first-order valence-corrected chi connectivity index (χ1v) is 6.62. The van der Waals surface area contributed by atoms with Crippen LogP contribution in [0.4, 0.5) is 11.8 Å². The molecule has 6 nitrogen and oxygen atoms in total. The van der Waals surface area contributed by atoms with Crippen LogP contribution in [-0.2, 0) is 0 Å². The summed E-state index contributed by atoms with van der Waals surface area (Å²) >= 11 is 3.38. The fourth-order valence-corrected chi connectivity index (χ4v) is 1.86. The molecule has 0 saturated carbocycles. The second kappa shape index (κ2) is 6.86. The van der Waals surface area contributed by atoms with E-state index in [0.717, 1.165) is 23.9 Å². The summed E-state index contributed by atoms with van der Waals surface area (Å²) in [5, 5.41) is 12.1. The number of rotatable bonds is 7. The van der Waals surface area contributed by atoms with E-state index in [2.05, 4.69) is 50.5 Å². The molecule has 1 aromatic rings. The summed E-state index contributed by atoms with van der Waals surface area (Å²) < 4.78 is 0.791. The lowest BCUT2D eigenvalue weighted by Crippen LogP contribution is -2.24. The normalized spacial score (nSPS) is 11.4. The molecule has 0 aliphatic rings. The van der Waals surface area contributed by atoms with Crippen LogP contribution in [-0.4, -0.2) is 28.2 Å². The number of aliphatic hydroxyl groups excluding tert-OH is 1. The molecule has 0 unspecified atom stereocenters. The Morgan fingerprint density at radius 3 is 2.83 bits per heavy atom. The van der Waals surface area contributed by atoms with Gasteiger partial charge in [-0.15, -0.1) is 0 Å². The van der Waals surface area contributed by atoms with Gasteiger partial charge in [0.05, 0.1) is 4.47 Å². The first-order valence-electron chi connectivity index (χ1n) is 5.82. The summed E-state index contributed by atoms with van der Waals surface area (Å²) in [6.07, 6.45) is 3.39. The maximum Gasteiger partial charge on any atom is 0.239 e. The maximum absolute atomic E-state index is 8.86. The molecule has 0 atom stereocenters. The highest BCUT2D eigenvalue weighted by molar-refractivity contribution is 9.10. The number of nitrogens with one attached hydrogen (secondary N) is 2. The topological polar surface area (TPSA) is 96.1 Å². The molecule has 1 aromatic heterocycles. The molecule has 0 amide bonds. The number of anilines is 2. The average Bonchev–Trinajstić information content (AvgIpc) is 2.35. The van der Waals surface area contributed by atoms with Crippen molar-refractivity contribution in [1.29, 1.82) is 0 Å². The van der Waals surface area contributed by atoms with Crippen LogP contribution >= 0.6 is 15.9 Å². The Balaban J connectivity index is 2.62. The third kappa shape index (κ3) is 4.75. The molecular formula is C11H20BrN5O. The van der Waals surface area contributed by atoms with Gasteiger partial charge in [-0.2, -0.15) is 4.98 Å². The SMILES string of the molecule is CC(C)(CCCO)CNc1nc(NN)ncc1Br. The highest BCUT2D eigenvalue weighted by Crippen LogP contribution is 2.25. The first kappa shape index (κ1) is 15.1. The van der Waals surface area contributed by atoms with Gasteiger partial charge in [-0.25, -0.2) is 10.8 Å². The van der Waals surface area contributed by atoms with Crippen molar-refractivity contribution in [3.05, 3.63) is 10.7 Å². The summed E-state index contributed by atoms with van der Waals surface area (Å²) in [5.74, 6) is 6.34. The number of hydrazine groups is 1. The molecule has 0 aliphatic heterocycles. The van der Waals surface area contributed by atoms with Crippen LogP contribution in [0.3, 0.4) is 0 Å². The average molecular weight is 318 g/mol.